The van der Waals surface area contributed by atoms with Crippen molar-refractivity contribution in [3.8, 4) is 5.75 Å². The zero-order valence-corrected chi connectivity index (χ0v) is 16.4. The molecule has 3 aliphatic rings. The van der Waals surface area contributed by atoms with Crippen LogP contribution in [0.25, 0.3) is 0 Å². The van der Waals surface area contributed by atoms with Crippen molar-refractivity contribution in [2.75, 3.05) is 26.3 Å². The number of hydrogen-bond donors (Lipinski definition) is 2. The summed E-state index contributed by atoms with van der Waals surface area (Å²) < 4.78 is 24.7. The van der Waals surface area contributed by atoms with Crippen molar-refractivity contribution >= 4 is 23.4 Å². The Hall–Kier alpha value is -2.58. The lowest BCUT2D eigenvalue weighted by Gasteiger charge is -2.34. The summed E-state index contributed by atoms with van der Waals surface area (Å²) >= 11 is 5.99. The smallest absolute Gasteiger partial charge is 0.255 e. The van der Waals surface area contributed by atoms with E-state index in [4.69, 9.17) is 21.1 Å². The van der Waals surface area contributed by atoms with E-state index in [0.29, 0.717) is 31.0 Å². The molecule has 0 bridgehead atoms. The number of hydrogen-bond acceptors (Lipinski definition) is 5. The zero-order valence-electron chi connectivity index (χ0n) is 15.6. The maximum absolute atomic E-state index is 13.8. The summed E-state index contributed by atoms with van der Waals surface area (Å²) in [6.07, 6.45) is 4.33. The average molecular weight is 422 g/mol. The molecule has 4 rings (SSSR count). The fourth-order valence-corrected chi connectivity index (χ4v) is 3.78. The Morgan fingerprint density at radius 1 is 1.34 bits per heavy atom. The standard InChI is InChI=1S/C20H21ClFN3O4/c21-14-2-1-3-15(22)18(14)28-10-12-4-6-25(7-5-12)20(27)13-8-16-19(23-9-13)29-11-17(26)24-16/h1-3,8-9,12,19,23H,4-7,10-11H2,(H,24,26). The van der Waals surface area contributed by atoms with Gasteiger partial charge in [0, 0.05) is 19.3 Å². The molecule has 3 heterocycles. The minimum Gasteiger partial charge on any atom is -0.489 e. The molecule has 2 fully saturated rings. The van der Waals surface area contributed by atoms with Gasteiger partial charge in [0.2, 0.25) is 5.91 Å². The second kappa shape index (κ2) is 8.42. The van der Waals surface area contributed by atoms with Gasteiger partial charge in [0.25, 0.3) is 5.91 Å². The highest BCUT2D eigenvalue weighted by molar-refractivity contribution is 6.32. The summed E-state index contributed by atoms with van der Waals surface area (Å²) in [7, 11) is 0. The van der Waals surface area contributed by atoms with Crippen LogP contribution >= 0.6 is 11.6 Å². The highest BCUT2D eigenvalue weighted by Gasteiger charge is 2.30. The normalized spacial score (nSPS) is 22.1. The Labute approximate surface area is 172 Å². The van der Waals surface area contributed by atoms with Crippen LogP contribution in [0.3, 0.4) is 0 Å². The Morgan fingerprint density at radius 3 is 2.90 bits per heavy atom. The Balaban J connectivity index is 1.30. The molecular weight excluding hydrogens is 401 g/mol. The summed E-state index contributed by atoms with van der Waals surface area (Å²) in [5, 5.41) is 5.96. The molecule has 1 aromatic rings. The van der Waals surface area contributed by atoms with E-state index in [0.717, 1.165) is 12.8 Å². The highest BCUT2D eigenvalue weighted by atomic mass is 35.5. The molecule has 29 heavy (non-hydrogen) atoms. The van der Waals surface area contributed by atoms with E-state index in [9.17, 15) is 14.0 Å². The van der Waals surface area contributed by atoms with Gasteiger partial charge in [-0.2, -0.15) is 0 Å². The van der Waals surface area contributed by atoms with Crippen molar-refractivity contribution in [3.63, 3.8) is 0 Å². The van der Waals surface area contributed by atoms with Gasteiger partial charge >= 0.3 is 0 Å². The van der Waals surface area contributed by atoms with E-state index in [1.165, 1.54) is 12.1 Å². The molecule has 154 valence electrons. The third-order valence-electron chi connectivity index (χ3n) is 5.18. The molecule has 1 unspecified atom stereocenters. The molecule has 0 aliphatic carbocycles. The minimum atomic E-state index is -0.480. The predicted octanol–water partition coefficient (Wildman–Crippen LogP) is 1.94. The molecule has 7 nitrogen and oxygen atoms in total. The lowest BCUT2D eigenvalue weighted by atomic mass is 9.97. The molecule has 3 aliphatic heterocycles. The maximum Gasteiger partial charge on any atom is 0.255 e. The number of fused-ring (bicyclic) bond motifs is 1. The summed E-state index contributed by atoms with van der Waals surface area (Å²) in [5.74, 6) is -0.545. The Kier molecular flexibility index (Phi) is 5.73. The number of benzene rings is 1. The molecule has 1 aromatic carbocycles. The van der Waals surface area contributed by atoms with Crippen LogP contribution in [0.15, 0.2) is 41.7 Å². The lowest BCUT2D eigenvalue weighted by Crippen LogP contribution is -2.49. The summed E-state index contributed by atoms with van der Waals surface area (Å²) in [5.41, 5.74) is 1.01. The van der Waals surface area contributed by atoms with Crippen LogP contribution in [-0.2, 0) is 14.3 Å². The lowest BCUT2D eigenvalue weighted by molar-refractivity contribution is -0.132. The topological polar surface area (TPSA) is 79.9 Å². The predicted molar refractivity (Wildman–Crippen MR) is 103 cm³/mol. The van der Waals surface area contributed by atoms with Crippen LogP contribution in [0.4, 0.5) is 4.39 Å². The Bertz CT molecular complexity index is 860. The van der Waals surface area contributed by atoms with Gasteiger partial charge in [-0.25, -0.2) is 4.39 Å². The van der Waals surface area contributed by atoms with Gasteiger partial charge in [0.1, 0.15) is 6.61 Å². The largest absolute Gasteiger partial charge is 0.489 e. The van der Waals surface area contributed by atoms with E-state index in [2.05, 4.69) is 10.6 Å². The first-order valence-corrected chi connectivity index (χ1v) is 9.84. The number of amides is 2. The number of nitrogens with zero attached hydrogens (tertiary/aromatic N) is 1. The number of likely N-dealkylation sites (tertiary alicyclic amines) is 1. The number of para-hydroxylation sites is 1. The monoisotopic (exact) mass is 421 g/mol. The molecule has 2 saturated heterocycles. The molecule has 2 amide bonds. The summed E-state index contributed by atoms with van der Waals surface area (Å²) in [6.45, 7) is 1.48. The first kappa shape index (κ1) is 19.7. The molecule has 0 saturated carbocycles. The molecular formula is C20H21ClFN3O4. The molecule has 0 radical (unpaired) electrons. The van der Waals surface area contributed by atoms with Crippen molar-refractivity contribution in [3.05, 3.63) is 52.6 Å². The second-order valence-corrected chi connectivity index (χ2v) is 7.61. The second-order valence-electron chi connectivity index (χ2n) is 7.20. The number of halogens is 2. The van der Waals surface area contributed by atoms with Crippen LogP contribution in [-0.4, -0.2) is 49.2 Å². The van der Waals surface area contributed by atoms with Crippen molar-refractivity contribution in [1.29, 1.82) is 0 Å². The SMILES string of the molecule is O=C1COC2NC=C(C(=O)N3CCC(COc4c(F)cccc4Cl)CC3)C=C2N1. The molecule has 2 N–H and O–H groups in total. The van der Waals surface area contributed by atoms with Crippen LogP contribution in [0, 0.1) is 11.7 Å². The molecule has 0 aromatic heterocycles. The quantitative estimate of drug-likeness (QED) is 0.776. The van der Waals surface area contributed by atoms with Gasteiger partial charge in [-0.15, -0.1) is 0 Å². The fraction of sp³-hybridized carbons (Fsp3) is 0.400. The van der Waals surface area contributed by atoms with Gasteiger partial charge in [-0.1, -0.05) is 17.7 Å². The number of piperidine rings is 1. The van der Waals surface area contributed by atoms with E-state index in [-0.39, 0.29) is 35.1 Å². The van der Waals surface area contributed by atoms with E-state index in [1.54, 1.807) is 23.2 Å². The highest BCUT2D eigenvalue weighted by Crippen LogP contribution is 2.29. The summed E-state index contributed by atoms with van der Waals surface area (Å²) in [6, 6.07) is 4.44. The average Bonchev–Trinajstić information content (AvgIpc) is 2.73. The fourth-order valence-electron chi connectivity index (χ4n) is 3.57. The van der Waals surface area contributed by atoms with Gasteiger partial charge in [-0.3, -0.25) is 9.59 Å². The van der Waals surface area contributed by atoms with Gasteiger partial charge < -0.3 is 25.0 Å². The Morgan fingerprint density at radius 2 is 2.14 bits per heavy atom. The van der Waals surface area contributed by atoms with Crippen molar-refractivity contribution < 1.29 is 23.5 Å². The molecule has 9 heteroatoms. The van der Waals surface area contributed by atoms with Crippen LogP contribution in [0.2, 0.25) is 5.02 Å². The number of morpholine rings is 1. The molecule has 0 spiro atoms. The van der Waals surface area contributed by atoms with Gasteiger partial charge in [-0.05, 0) is 37.0 Å². The first-order chi connectivity index (χ1) is 14.0. The van der Waals surface area contributed by atoms with Gasteiger partial charge in [0.05, 0.1) is 22.9 Å². The van der Waals surface area contributed by atoms with E-state index in [1.807, 2.05) is 0 Å². The number of dihydropyridines is 1. The van der Waals surface area contributed by atoms with E-state index < -0.39 is 12.0 Å². The third kappa shape index (κ3) is 4.38. The van der Waals surface area contributed by atoms with Crippen molar-refractivity contribution in [2.24, 2.45) is 5.92 Å². The number of nitrogens with one attached hydrogen (secondary N) is 2. The van der Waals surface area contributed by atoms with E-state index >= 15 is 0 Å². The summed E-state index contributed by atoms with van der Waals surface area (Å²) in [4.78, 5) is 26.0. The van der Waals surface area contributed by atoms with Gasteiger partial charge in [0.15, 0.2) is 17.8 Å². The van der Waals surface area contributed by atoms with Crippen molar-refractivity contribution in [2.45, 2.75) is 19.1 Å². The maximum atomic E-state index is 13.8. The minimum absolute atomic E-state index is 0.0141. The first-order valence-electron chi connectivity index (χ1n) is 9.46. The number of ether oxygens (including phenoxy) is 2. The van der Waals surface area contributed by atoms with Crippen LogP contribution in [0.5, 0.6) is 5.75 Å². The van der Waals surface area contributed by atoms with Crippen LogP contribution in [0.1, 0.15) is 12.8 Å². The number of carbonyl (C=O) groups excluding carboxylic acids is 2. The zero-order chi connectivity index (χ0) is 20.4. The van der Waals surface area contributed by atoms with Crippen molar-refractivity contribution in [1.82, 2.24) is 15.5 Å². The third-order valence-corrected chi connectivity index (χ3v) is 5.48. The van der Waals surface area contributed by atoms with Crippen LogP contribution < -0.4 is 15.4 Å². The molecule has 1 atom stereocenters. The number of rotatable bonds is 4. The number of carbonyl (C=O) groups is 2.